The number of amides is 1. The smallest absolute Gasteiger partial charge is 0.405 e. The number of benzene rings is 1. The molecule has 1 aromatic heterocycles. The van der Waals surface area contributed by atoms with Crippen molar-refractivity contribution in [3.05, 3.63) is 43.5 Å². The Labute approximate surface area is 138 Å². The molecule has 0 aliphatic heterocycles. The molecule has 0 radical (unpaired) electrons. The zero-order valence-electron chi connectivity index (χ0n) is 10.0. The molecule has 2 aromatic rings. The number of anilines is 1. The highest BCUT2D eigenvalue weighted by molar-refractivity contribution is 9.11. The van der Waals surface area contributed by atoms with E-state index in [9.17, 15) is 18.0 Å². The summed E-state index contributed by atoms with van der Waals surface area (Å²) in [6.45, 7) is 0. The average Bonchev–Trinajstić information content (AvgIpc) is 2.78. The number of ether oxygens (including phenoxy) is 1. The van der Waals surface area contributed by atoms with Gasteiger partial charge in [0, 0.05) is 5.69 Å². The molecular formula is C12H6Br2F3NO2S. The Morgan fingerprint density at radius 2 is 1.90 bits per heavy atom. The molecule has 0 saturated heterocycles. The lowest BCUT2D eigenvalue weighted by Gasteiger charge is -2.11. The van der Waals surface area contributed by atoms with Crippen LogP contribution in [-0.2, 0) is 0 Å². The highest BCUT2D eigenvalue weighted by atomic mass is 79.9. The van der Waals surface area contributed by atoms with E-state index in [0.717, 1.165) is 9.85 Å². The van der Waals surface area contributed by atoms with Gasteiger partial charge in [-0.15, -0.1) is 24.5 Å². The fourth-order valence-corrected chi connectivity index (χ4v) is 3.16. The zero-order chi connectivity index (χ0) is 15.6. The van der Waals surface area contributed by atoms with Crippen molar-refractivity contribution in [1.82, 2.24) is 0 Å². The summed E-state index contributed by atoms with van der Waals surface area (Å²) in [7, 11) is 0. The molecule has 0 atom stereocenters. The Morgan fingerprint density at radius 3 is 2.43 bits per heavy atom. The van der Waals surface area contributed by atoms with Gasteiger partial charge in [-0.25, -0.2) is 0 Å². The van der Waals surface area contributed by atoms with Crippen molar-refractivity contribution in [2.75, 3.05) is 5.32 Å². The number of thiophene rings is 1. The van der Waals surface area contributed by atoms with Crippen LogP contribution < -0.4 is 10.1 Å². The monoisotopic (exact) mass is 443 g/mol. The van der Waals surface area contributed by atoms with Gasteiger partial charge in [-0.3, -0.25) is 4.79 Å². The van der Waals surface area contributed by atoms with Crippen molar-refractivity contribution < 1.29 is 22.7 Å². The van der Waals surface area contributed by atoms with E-state index in [0.29, 0.717) is 10.6 Å². The summed E-state index contributed by atoms with van der Waals surface area (Å²) in [5.74, 6) is -0.721. The number of carbonyl (C=O) groups is 1. The molecule has 1 N–H and O–H groups in total. The topological polar surface area (TPSA) is 38.3 Å². The highest BCUT2D eigenvalue weighted by Crippen LogP contribution is 2.32. The van der Waals surface area contributed by atoms with E-state index in [2.05, 4.69) is 41.9 Å². The van der Waals surface area contributed by atoms with Crippen molar-refractivity contribution >= 4 is 54.8 Å². The minimum absolute atomic E-state index is 0.0879. The summed E-state index contributed by atoms with van der Waals surface area (Å²) < 4.78 is 41.1. The summed E-state index contributed by atoms with van der Waals surface area (Å²) in [5.41, 5.74) is 0.353. The van der Waals surface area contributed by atoms with Crippen LogP contribution in [0.2, 0.25) is 0 Å². The summed E-state index contributed by atoms with van der Waals surface area (Å²) in [4.78, 5) is 12.4. The number of rotatable bonds is 3. The molecule has 0 bridgehead atoms. The van der Waals surface area contributed by atoms with Gasteiger partial charge in [-0.05, 0) is 62.2 Å². The predicted octanol–water partition coefficient (Wildman–Crippen LogP) is 5.42. The quantitative estimate of drug-likeness (QED) is 0.685. The van der Waals surface area contributed by atoms with Crippen molar-refractivity contribution in [3.8, 4) is 5.75 Å². The first-order valence-corrected chi connectivity index (χ1v) is 7.77. The molecule has 0 fully saturated rings. The fraction of sp³-hybridized carbons (Fsp3) is 0.0833. The van der Waals surface area contributed by atoms with E-state index in [1.54, 1.807) is 12.1 Å². The van der Waals surface area contributed by atoms with E-state index >= 15 is 0 Å². The molecule has 21 heavy (non-hydrogen) atoms. The van der Waals surface area contributed by atoms with Crippen LogP contribution in [0.1, 0.15) is 9.67 Å². The second-order valence-electron chi connectivity index (χ2n) is 3.75. The van der Waals surface area contributed by atoms with Gasteiger partial charge in [0.1, 0.15) is 5.75 Å². The molecule has 1 amide bonds. The minimum atomic E-state index is -4.77. The third-order valence-corrected chi connectivity index (χ3v) is 4.45. The molecule has 9 heteroatoms. The Kier molecular flexibility index (Phi) is 4.95. The molecule has 0 saturated carbocycles. The molecule has 2 rings (SSSR count). The number of carbonyl (C=O) groups excluding carboxylic acids is 1. The summed E-state index contributed by atoms with van der Waals surface area (Å²) in [5, 5.41) is 2.59. The first kappa shape index (κ1) is 16.3. The summed E-state index contributed by atoms with van der Waals surface area (Å²) >= 11 is 7.46. The van der Waals surface area contributed by atoms with Gasteiger partial charge in [-0.1, -0.05) is 0 Å². The molecular weight excluding hydrogens is 439 g/mol. The SMILES string of the molecule is O=C(Nc1ccc(OC(F)(F)F)c(Br)c1)c1ccc(Br)s1. The van der Waals surface area contributed by atoms with E-state index < -0.39 is 6.36 Å². The molecule has 0 spiro atoms. The van der Waals surface area contributed by atoms with Crippen molar-refractivity contribution in [2.24, 2.45) is 0 Å². The van der Waals surface area contributed by atoms with E-state index in [1.807, 2.05) is 0 Å². The largest absolute Gasteiger partial charge is 0.573 e. The number of hydrogen-bond acceptors (Lipinski definition) is 3. The Morgan fingerprint density at radius 1 is 1.19 bits per heavy atom. The third kappa shape index (κ3) is 4.72. The predicted molar refractivity (Wildman–Crippen MR) is 80.8 cm³/mol. The van der Waals surface area contributed by atoms with Gasteiger partial charge in [0.05, 0.1) is 13.1 Å². The van der Waals surface area contributed by atoms with E-state index in [1.165, 1.54) is 23.5 Å². The van der Waals surface area contributed by atoms with Crippen LogP contribution in [0.4, 0.5) is 18.9 Å². The van der Waals surface area contributed by atoms with Gasteiger partial charge < -0.3 is 10.1 Å². The second-order valence-corrected chi connectivity index (χ2v) is 7.07. The van der Waals surface area contributed by atoms with Crippen LogP contribution in [-0.4, -0.2) is 12.3 Å². The Bertz CT molecular complexity index is 673. The maximum Gasteiger partial charge on any atom is 0.573 e. The van der Waals surface area contributed by atoms with Crippen LogP contribution in [0.25, 0.3) is 0 Å². The molecule has 0 unspecified atom stereocenters. The van der Waals surface area contributed by atoms with Crippen molar-refractivity contribution in [2.45, 2.75) is 6.36 Å². The molecule has 1 heterocycles. The number of halogens is 5. The number of nitrogens with one attached hydrogen (secondary N) is 1. The second kappa shape index (κ2) is 6.37. The molecule has 3 nitrogen and oxygen atoms in total. The zero-order valence-corrected chi connectivity index (χ0v) is 14.0. The van der Waals surface area contributed by atoms with Crippen LogP contribution in [0, 0.1) is 0 Å². The van der Waals surface area contributed by atoms with Crippen LogP contribution in [0.3, 0.4) is 0 Å². The van der Waals surface area contributed by atoms with Gasteiger partial charge in [-0.2, -0.15) is 0 Å². The summed E-state index contributed by atoms with van der Waals surface area (Å²) in [6.07, 6.45) is -4.77. The van der Waals surface area contributed by atoms with Gasteiger partial charge in [0.2, 0.25) is 0 Å². The lowest BCUT2D eigenvalue weighted by molar-refractivity contribution is -0.274. The maximum atomic E-state index is 12.1. The first-order valence-electron chi connectivity index (χ1n) is 5.36. The molecule has 112 valence electrons. The first-order chi connectivity index (χ1) is 9.74. The average molecular weight is 445 g/mol. The highest BCUT2D eigenvalue weighted by Gasteiger charge is 2.32. The van der Waals surface area contributed by atoms with Gasteiger partial charge in [0.25, 0.3) is 5.91 Å². The Hall–Kier alpha value is -1.06. The maximum absolute atomic E-state index is 12.1. The standard InChI is InChI=1S/C12H6Br2F3NO2S/c13-7-5-6(1-2-8(7)20-12(15,16)17)18-11(19)9-3-4-10(14)21-9/h1-5H,(H,18,19). The van der Waals surface area contributed by atoms with Crippen LogP contribution in [0.15, 0.2) is 38.6 Å². The lowest BCUT2D eigenvalue weighted by Crippen LogP contribution is -2.17. The normalized spacial score (nSPS) is 11.3. The summed E-state index contributed by atoms with van der Waals surface area (Å²) in [6, 6.07) is 7.15. The molecule has 0 aliphatic carbocycles. The number of alkyl halides is 3. The third-order valence-electron chi connectivity index (χ3n) is 2.21. The van der Waals surface area contributed by atoms with E-state index in [-0.39, 0.29) is 16.1 Å². The van der Waals surface area contributed by atoms with E-state index in [4.69, 9.17) is 0 Å². The molecule has 0 aliphatic rings. The van der Waals surface area contributed by atoms with Crippen molar-refractivity contribution in [3.63, 3.8) is 0 Å². The molecule has 1 aromatic carbocycles. The van der Waals surface area contributed by atoms with Crippen LogP contribution >= 0.6 is 43.2 Å². The van der Waals surface area contributed by atoms with Gasteiger partial charge >= 0.3 is 6.36 Å². The lowest BCUT2D eigenvalue weighted by atomic mass is 10.3. The Balaban J connectivity index is 2.11. The minimum Gasteiger partial charge on any atom is -0.405 e. The number of hydrogen-bond donors (Lipinski definition) is 1. The van der Waals surface area contributed by atoms with Crippen molar-refractivity contribution in [1.29, 1.82) is 0 Å². The van der Waals surface area contributed by atoms with Gasteiger partial charge in [0.15, 0.2) is 0 Å². The van der Waals surface area contributed by atoms with Crippen LogP contribution in [0.5, 0.6) is 5.75 Å². The fourth-order valence-electron chi connectivity index (χ4n) is 1.42.